The average molecular weight is 433 g/mol. The summed E-state index contributed by atoms with van der Waals surface area (Å²) in [4.78, 5) is 12.1. The van der Waals surface area contributed by atoms with Crippen LogP contribution >= 0.6 is 0 Å². The maximum Gasteiger partial charge on any atom is 0.311 e. The zero-order valence-corrected chi connectivity index (χ0v) is 20.4. The molecule has 0 bridgehead atoms. The summed E-state index contributed by atoms with van der Waals surface area (Å²) in [7, 11) is 0. The van der Waals surface area contributed by atoms with Crippen LogP contribution in [0.1, 0.15) is 135 Å². The van der Waals surface area contributed by atoms with E-state index in [2.05, 4.69) is 13.8 Å². The van der Waals surface area contributed by atoms with E-state index in [0.29, 0.717) is 12.2 Å². The van der Waals surface area contributed by atoms with Gasteiger partial charge in [-0.25, -0.2) is 0 Å². The highest BCUT2D eigenvalue weighted by atomic mass is 16.5. The number of hydrogen-bond acceptors (Lipinski definition) is 3. The highest BCUT2D eigenvalue weighted by molar-refractivity contribution is 5.72. The van der Waals surface area contributed by atoms with Crippen LogP contribution in [0.5, 0.6) is 11.5 Å². The molecule has 0 unspecified atom stereocenters. The molecule has 0 amide bonds. The quantitative estimate of drug-likeness (QED) is 0.127. The molecule has 0 spiro atoms. The number of esters is 1. The molecule has 0 saturated heterocycles. The van der Waals surface area contributed by atoms with Crippen molar-refractivity contribution in [3.8, 4) is 11.5 Å². The van der Waals surface area contributed by atoms with Gasteiger partial charge < -0.3 is 9.84 Å². The molecule has 0 aliphatic rings. The fraction of sp³-hybridized carbons (Fsp3) is 0.750. The normalized spacial score (nSPS) is 11.0. The number of phenolic OH excluding ortho intramolecular Hbond substituents is 1. The molecule has 0 radical (unpaired) electrons. The number of ether oxygens (including phenoxy) is 1. The number of carbonyl (C=O) groups is 1. The molecule has 0 atom stereocenters. The standard InChI is InChI=1S/C28H48O3/c1-3-5-7-8-9-10-11-12-13-14-15-16-17-18-19-21-28(30)31-26-22-23-27(29)25(24-26)20-6-4-2/h22-24,29H,3-21H2,1-2H3. The van der Waals surface area contributed by atoms with Crippen LogP contribution in [0.2, 0.25) is 0 Å². The molecule has 178 valence electrons. The van der Waals surface area contributed by atoms with Gasteiger partial charge in [0.2, 0.25) is 0 Å². The van der Waals surface area contributed by atoms with Gasteiger partial charge >= 0.3 is 5.97 Å². The molecule has 1 aromatic rings. The lowest BCUT2D eigenvalue weighted by Crippen LogP contribution is -2.07. The third kappa shape index (κ3) is 15.0. The van der Waals surface area contributed by atoms with Crippen molar-refractivity contribution in [2.75, 3.05) is 0 Å². The molecule has 0 saturated carbocycles. The zero-order valence-electron chi connectivity index (χ0n) is 20.4. The Labute approximate surface area is 192 Å². The third-order valence-corrected chi connectivity index (χ3v) is 6.07. The van der Waals surface area contributed by atoms with Crippen LogP contribution in [-0.2, 0) is 11.2 Å². The average Bonchev–Trinajstić information content (AvgIpc) is 2.76. The van der Waals surface area contributed by atoms with Crippen molar-refractivity contribution in [2.45, 2.75) is 136 Å². The van der Waals surface area contributed by atoms with Crippen molar-refractivity contribution in [1.29, 1.82) is 0 Å². The van der Waals surface area contributed by atoms with E-state index < -0.39 is 0 Å². The van der Waals surface area contributed by atoms with E-state index in [9.17, 15) is 9.90 Å². The summed E-state index contributed by atoms with van der Waals surface area (Å²) in [6.45, 7) is 4.40. The first-order valence-corrected chi connectivity index (χ1v) is 13.2. The summed E-state index contributed by atoms with van der Waals surface area (Å²) in [6, 6.07) is 5.10. The van der Waals surface area contributed by atoms with Crippen molar-refractivity contribution in [3.05, 3.63) is 23.8 Å². The van der Waals surface area contributed by atoms with Gasteiger partial charge in [0.05, 0.1) is 0 Å². The molecule has 1 rings (SSSR count). The topological polar surface area (TPSA) is 46.5 Å². The van der Waals surface area contributed by atoms with Gasteiger partial charge in [0.1, 0.15) is 11.5 Å². The molecule has 1 N–H and O–H groups in total. The molecule has 3 nitrogen and oxygen atoms in total. The molecular weight excluding hydrogens is 384 g/mol. The summed E-state index contributed by atoms with van der Waals surface area (Å²) in [5.74, 6) is 0.673. The maximum absolute atomic E-state index is 12.1. The van der Waals surface area contributed by atoms with Crippen LogP contribution < -0.4 is 4.74 Å². The van der Waals surface area contributed by atoms with Crippen molar-refractivity contribution in [1.82, 2.24) is 0 Å². The lowest BCUT2D eigenvalue weighted by atomic mass is 10.0. The van der Waals surface area contributed by atoms with E-state index in [4.69, 9.17) is 4.74 Å². The van der Waals surface area contributed by atoms with Crippen LogP contribution in [0.4, 0.5) is 0 Å². The summed E-state index contributed by atoms with van der Waals surface area (Å²) in [6.07, 6.45) is 23.2. The molecule has 0 fully saturated rings. The Morgan fingerprint density at radius 1 is 0.710 bits per heavy atom. The van der Waals surface area contributed by atoms with Crippen molar-refractivity contribution in [3.63, 3.8) is 0 Å². The van der Waals surface area contributed by atoms with Crippen LogP contribution in [0, 0.1) is 0 Å². The number of hydrogen-bond donors (Lipinski definition) is 1. The Bertz CT molecular complexity index is 567. The van der Waals surface area contributed by atoms with Crippen LogP contribution in [-0.4, -0.2) is 11.1 Å². The predicted octanol–water partition coefficient (Wildman–Crippen LogP) is 8.90. The van der Waals surface area contributed by atoms with E-state index in [1.807, 2.05) is 0 Å². The van der Waals surface area contributed by atoms with Crippen LogP contribution in [0.15, 0.2) is 18.2 Å². The number of rotatable bonds is 20. The van der Waals surface area contributed by atoms with Gasteiger partial charge in [-0.1, -0.05) is 110 Å². The Balaban J connectivity index is 1.96. The monoisotopic (exact) mass is 432 g/mol. The number of unbranched alkanes of at least 4 members (excludes halogenated alkanes) is 15. The van der Waals surface area contributed by atoms with Gasteiger partial charge in [-0.15, -0.1) is 0 Å². The van der Waals surface area contributed by atoms with Crippen molar-refractivity contribution < 1.29 is 14.6 Å². The molecule has 0 aliphatic heterocycles. The molecule has 3 heteroatoms. The molecule has 31 heavy (non-hydrogen) atoms. The highest BCUT2D eigenvalue weighted by Crippen LogP contribution is 2.25. The molecular formula is C28H48O3. The number of benzene rings is 1. The van der Waals surface area contributed by atoms with Gasteiger partial charge in [-0.3, -0.25) is 4.79 Å². The SMILES string of the molecule is CCCCCCCCCCCCCCCCCC(=O)Oc1ccc(O)c(CCCC)c1. The third-order valence-electron chi connectivity index (χ3n) is 6.07. The molecule has 0 aliphatic carbocycles. The minimum atomic E-state index is -0.165. The van der Waals surface area contributed by atoms with Gasteiger partial charge in [0.25, 0.3) is 0 Å². The first-order chi connectivity index (χ1) is 15.2. The van der Waals surface area contributed by atoms with E-state index in [0.717, 1.165) is 37.7 Å². The minimum absolute atomic E-state index is 0.165. The number of carbonyl (C=O) groups excluding carboxylic acids is 1. The summed E-state index contributed by atoms with van der Waals surface area (Å²) >= 11 is 0. The number of aryl methyl sites for hydroxylation is 1. The second-order valence-electron chi connectivity index (χ2n) is 9.07. The fourth-order valence-corrected chi connectivity index (χ4v) is 4.02. The van der Waals surface area contributed by atoms with E-state index in [1.54, 1.807) is 18.2 Å². The van der Waals surface area contributed by atoms with E-state index in [-0.39, 0.29) is 11.7 Å². The number of phenols is 1. The Morgan fingerprint density at radius 2 is 1.19 bits per heavy atom. The van der Waals surface area contributed by atoms with Crippen molar-refractivity contribution >= 4 is 5.97 Å². The van der Waals surface area contributed by atoms with Gasteiger partial charge in [0, 0.05) is 6.42 Å². The number of aromatic hydroxyl groups is 1. The first-order valence-electron chi connectivity index (χ1n) is 13.2. The van der Waals surface area contributed by atoms with Gasteiger partial charge in [0.15, 0.2) is 0 Å². The molecule has 1 aromatic carbocycles. The van der Waals surface area contributed by atoms with Gasteiger partial charge in [-0.2, -0.15) is 0 Å². The van der Waals surface area contributed by atoms with Crippen molar-refractivity contribution in [2.24, 2.45) is 0 Å². The summed E-state index contributed by atoms with van der Waals surface area (Å²) < 4.78 is 5.46. The Hall–Kier alpha value is -1.51. The fourth-order valence-electron chi connectivity index (χ4n) is 4.02. The smallest absolute Gasteiger partial charge is 0.311 e. The first kappa shape index (κ1) is 27.5. The van der Waals surface area contributed by atoms with Crippen LogP contribution in [0.25, 0.3) is 0 Å². The second-order valence-corrected chi connectivity index (χ2v) is 9.07. The summed E-state index contributed by atoms with van der Waals surface area (Å²) in [5.41, 5.74) is 0.860. The maximum atomic E-state index is 12.1. The molecule has 0 heterocycles. The lowest BCUT2D eigenvalue weighted by Gasteiger charge is -2.08. The van der Waals surface area contributed by atoms with Gasteiger partial charge in [-0.05, 0) is 43.0 Å². The zero-order chi connectivity index (χ0) is 22.6. The highest BCUT2D eigenvalue weighted by Gasteiger charge is 2.08. The van der Waals surface area contributed by atoms with E-state index >= 15 is 0 Å². The Kier molecular flexibility index (Phi) is 17.0. The molecule has 0 aromatic heterocycles. The van der Waals surface area contributed by atoms with E-state index in [1.165, 1.54) is 83.5 Å². The predicted molar refractivity (Wildman–Crippen MR) is 132 cm³/mol. The lowest BCUT2D eigenvalue weighted by molar-refractivity contribution is -0.134. The Morgan fingerprint density at radius 3 is 1.71 bits per heavy atom. The minimum Gasteiger partial charge on any atom is -0.508 e. The largest absolute Gasteiger partial charge is 0.508 e. The second kappa shape index (κ2) is 19.2. The van der Waals surface area contributed by atoms with Crippen LogP contribution in [0.3, 0.4) is 0 Å². The summed E-state index contributed by atoms with van der Waals surface area (Å²) in [5, 5.41) is 9.91.